The minimum absolute atomic E-state index is 0.0192. The first-order chi connectivity index (χ1) is 10.8. The first kappa shape index (κ1) is 19.5. The predicted molar refractivity (Wildman–Crippen MR) is 96.4 cm³/mol. The molecule has 1 aromatic carbocycles. The molecule has 6 heteroatoms. The number of thiol groups is 1. The highest BCUT2D eigenvalue weighted by Crippen LogP contribution is 2.05. The molecule has 1 rings (SSSR count). The summed E-state index contributed by atoms with van der Waals surface area (Å²) in [6, 6.07) is 8.64. The molecule has 2 amide bonds. The fraction of sp³-hybridized carbons (Fsp3) is 0.529. The molecule has 128 valence electrons. The van der Waals surface area contributed by atoms with E-state index < -0.39 is 12.1 Å². The Hall–Kier alpha value is -1.53. The van der Waals surface area contributed by atoms with E-state index in [4.69, 9.17) is 0 Å². The van der Waals surface area contributed by atoms with Crippen LogP contribution in [-0.2, 0) is 16.0 Å². The van der Waals surface area contributed by atoms with Gasteiger partial charge in [0.1, 0.15) is 6.04 Å². The molecule has 0 heterocycles. The third-order valence-corrected chi connectivity index (χ3v) is 3.38. The van der Waals surface area contributed by atoms with Gasteiger partial charge in [-0.05, 0) is 33.3 Å². The van der Waals surface area contributed by atoms with Crippen LogP contribution < -0.4 is 16.0 Å². The summed E-state index contributed by atoms with van der Waals surface area (Å²) in [7, 11) is 0. The van der Waals surface area contributed by atoms with E-state index in [1.54, 1.807) is 6.92 Å². The monoisotopic (exact) mass is 337 g/mol. The van der Waals surface area contributed by atoms with Crippen LogP contribution >= 0.6 is 12.6 Å². The molecule has 3 atom stereocenters. The maximum atomic E-state index is 12.4. The summed E-state index contributed by atoms with van der Waals surface area (Å²) in [6.07, 6.45) is 0.453. The molecule has 23 heavy (non-hydrogen) atoms. The van der Waals surface area contributed by atoms with E-state index in [0.29, 0.717) is 6.42 Å². The Bertz CT molecular complexity index is 506. The largest absolute Gasteiger partial charge is 0.352 e. The zero-order valence-electron chi connectivity index (χ0n) is 14.2. The van der Waals surface area contributed by atoms with E-state index in [9.17, 15) is 9.59 Å². The fourth-order valence-corrected chi connectivity index (χ4v) is 2.40. The topological polar surface area (TPSA) is 70.2 Å². The summed E-state index contributed by atoms with van der Waals surface area (Å²) < 4.78 is 0. The van der Waals surface area contributed by atoms with E-state index in [0.717, 1.165) is 5.56 Å². The number of hydrogen-bond acceptors (Lipinski definition) is 4. The zero-order chi connectivity index (χ0) is 17.4. The van der Waals surface area contributed by atoms with Crippen molar-refractivity contribution in [3.63, 3.8) is 0 Å². The van der Waals surface area contributed by atoms with Crippen LogP contribution in [0.5, 0.6) is 0 Å². The van der Waals surface area contributed by atoms with Crippen LogP contribution in [-0.4, -0.2) is 35.3 Å². The highest BCUT2D eigenvalue weighted by Gasteiger charge is 2.24. The fourth-order valence-electron chi connectivity index (χ4n) is 2.18. The Balaban J connectivity index is 2.78. The van der Waals surface area contributed by atoms with Gasteiger partial charge >= 0.3 is 0 Å². The van der Waals surface area contributed by atoms with Gasteiger partial charge in [-0.3, -0.25) is 14.9 Å². The molecule has 5 nitrogen and oxygen atoms in total. The Morgan fingerprint density at radius 1 is 1.00 bits per heavy atom. The Kier molecular flexibility index (Phi) is 8.12. The molecule has 1 aromatic rings. The van der Waals surface area contributed by atoms with Crippen LogP contribution in [0, 0.1) is 0 Å². The van der Waals surface area contributed by atoms with Crippen LogP contribution in [0.2, 0.25) is 0 Å². The van der Waals surface area contributed by atoms with Crippen molar-refractivity contribution in [2.45, 2.75) is 57.6 Å². The van der Waals surface area contributed by atoms with Crippen molar-refractivity contribution in [1.82, 2.24) is 16.0 Å². The molecule has 0 aliphatic rings. The van der Waals surface area contributed by atoms with Crippen molar-refractivity contribution in [1.29, 1.82) is 0 Å². The third-order valence-electron chi connectivity index (χ3n) is 3.23. The average Bonchev–Trinajstić information content (AvgIpc) is 2.46. The first-order valence-electron chi connectivity index (χ1n) is 7.88. The average molecular weight is 337 g/mol. The second kappa shape index (κ2) is 9.57. The second-order valence-corrected chi connectivity index (χ2v) is 6.75. The lowest BCUT2D eigenvalue weighted by molar-refractivity contribution is -0.130. The minimum atomic E-state index is -0.605. The molecule has 3 N–H and O–H groups in total. The van der Waals surface area contributed by atoms with Gasteiger partial charge in [-0.2, -0.15) is 12.6 Å². The predicted octanol–water partition coefficient (Wildman–Crippen LogP) is 1.49. The van der Waals surface area contributed by atoms with Gasteiger partial charge in [-0.25, -0.2) is 0 Å². The van der Waals surface area contributed by atoms with Crippen LogP contribution in [0.3, 0.4) is 0 Å². The van der Waals surface area contributed by atoms with Crippen molar-refractivity contribution < 1.29 is 9.59 Å². The van der Waals surface area contributed by atoms with Gasteiger partial charge in [-0.1, -0.05) is 30.3 Å². The van der Waals surface area contributed by atoms with E-state index in [2.05, 4.69) is 28.6 Å². The van der Waals surface area contributed by atoms with Crippen molar-refractivity contribution in [3.8, 4) is 0 Å². The van der Waals surface area contributed by atoms with Gasteiger partial charge in [0, 0.05) is 17.8 Å². The number of rotatable bonds is 8. The SMILES string of the molecule is CC(C)NC(=O)C(Cc1ccccc1)NC(=O)C(C)NC(C)S. The summed E-state index contributed by atoms with van der Waals surface area (Å²) in [4.78, 5) is 24.7. The van der Waals surface area contributed by atoms with Gasteiger partial charge in [0.05, 0.1) is 6.04 Å². The van der Waals surface area contributed by atoms with Crippen molar-refractivity contribution in [3.05, 3.63) is 35.9 Å². The normalized spacial score (nSPS) is 14.9. The number of amides is 2. The summed E-state index contributed by atoms with van der Waals surface area (Å²) >= 11 is 4.22. The molecule has 0 spiro atoms. The van der Waals surface area contributed by atoms with Gasteiger partial charge in [-0.15, -0.1) is 0 Å². The third kappa shape index (κ3) is 7.52. The summed E-state index contributed by atoms with van der Waals surface area (Å²) in [6.45, 7) is 7.39. The molecule has 3 unspecified atom stereocenters. The van der Waals surface area contributed by atoms with Gasteiger partial charge < -0.3 is 10.6 Å². The zero-order valence-corrected chi connectivity index (χ0v) is 15.1. The van der Waals surface area contributed by atoms with Gasteiger partial charge in [0.25, 0.3) is 0 Å². The lowest BCUT2D eigenvalue weighted by Gasteiger charge is -2.23. The smallest absolute Gasteiger partial charge is 0.243 e. The van der Waals surface area contributed by atoms with E-state index in [1.807, 2.05) is 51.1 Å². The molecule has 0 aliphatic carbocycles. The summed E-state index contributed by atoms with van der Waals surface area (Å²) in [5, 5.41) is 8.60. The Labute approximate surface area is 144 Å². The number of carbonyl (C=O) groups is 2. The maximum Gasteiger partial charge on any atom is 0.243 e. The highest BCUT2D eigenvalue weighted by molar-refractivity contribution is 7.80. The standard InChI is InChI=1S/C17H27N3O2S/c1-11(2)18-17(22)15(10-14-8-6-5-7-9-14)20-16(21)12(3)19-13(4)23/h5-9,11-13,15,19,23H,10H2,1-4H3,(H,18,22)(H,20,21). The van der Waals surface area contributed by atoms with Crippen LogP contribution in [0.15, 0.2) is 30.3 Å². The first-order valence-corrected chi connectivity index (χ1v) is 8.40. The van der Waals surface area contributed by atoms with Gasteiger partial charge in [0.15, 0.2) is 0 Å². The maximum absolute atomic E-state index is 12.4. The number of hydrogen-bond donors (Lipinski definition) is 4. The molecular formula is C17H27N3O2S. The number of benzene rings is 1. The molecule has 0 saturated carbocycles. The highest BCUT2D eigenvalue weighted by atomic mass is 32.1. The Morgan fingerprint density at radius 2 is 1.61 bits per heavy atom. The molecule has 0 aromatic heterocycles. The van der Waals surface area contributed by atoms with Crippen LogP contribution in [0.25, 0.3) is 0 Å². The molecule has 0 fully saturated rings. The quantitative estimate of drug-likeness (QED) is 0.429. The van der Waals surface area contributed by atoms with Crippen LogP contribution in [0.1, 0.15) is 33.3 Å². The number of nitrogens with one attached hydrogen (secondary N) is 3. The minimum Gasteiger partial charge on any atom is -0.352 e. The lowest BCUT2D eigenvalue weighted by atomic mass is 10.0. The molecule has 0 radical (unpaired) electrons. The summed E-state index contributed by atoms with van der Waals surface area (Å²) in [5.41, 5.74) is 1.000. The second-order valence-electron chi connectivity index (χ2n) is 5.98. The number of carbonyl (C=O) groups excluding carboxylic acids is 2. The van der Waals surface area contributed by atoms with E-state index in [1.165, 1.54) is 0 Å². The van der Waals surface area contributed by atoms with Crippen molar-refractivity contribution in [2.24, 2.45) is 0 Å². The van der Waals surface area contributed by atoms with Crippen molar-refractivity contribution >= 4 is 24.4 Å². The van der Waals surface area contributed by atoms with E-state index in [-0.39, 0.29) is 23.2 Å². The lowest BCUT2D eigenvalue weighted by Crippen LogP contribution is -2.54. The summed E-state index contributed by atoms with van der Waals surface area (Å²) in [5.74, 6) is -0.394. The molecule has 0 bridgehead atoms. The van der Waals surface area contributed by atoms with Gasteiger partial charge in [0.2, 0.25) is 11.8 Å². The van der Waals surface area contributed by atoms with E-state index >= 15 is 0 Å². The molecule has 0 saturated heterocycles. The molecule has 0 aliphatic heterocycles. The Morgan fingerprint density at radius 3 is 2.13 bits per heavy atom. The molecular weight excluding hydrogens is 310 g/mol. The van der Waals surface area contributed by atoms with Crippen LogP contribution in [0.4, 0.5) is 0 Å². The van der Waals surface area contributed by atoms with Crippen molar-refractivity contribution in [2.75, 3.05) is 0 Å².